The first-order valence-electron chi connectivity index (χ1n) is 5.07. The highest BCUT2D eigenvalue weighted by atomic mass is 16.5. The van der Waals surface area contributed by atoms with Gasteiger partial charge in [0.25, 0.3) is 0 Å². The van der Waals surface area contributed by atoms with Crippen LogP contribution in [-0.2, 0) is 0 Å². The molecule has 4 heteroatoms. The molecule has 1 heterocycles. The molecule has 0 bridgehead atoms. The number of aromatic nitrogens is 1. The summed E-state index contributed by atoms with van der Waals surface area (Å²) in [6, 6.07) is 1.57. The number of rotatable bonds is 3. The van der Waals surface area contributed by atoms with Gasteiger partial charge in [-0.15, -0.1) is 0 Å². The monoisotopic (exact) mass is 223 g/mol. The Morgan fingerprint density at radius 3 is 2.56 bits per heavy atom. The summed E-state index contributed by atoms with van der Waals surface area (Å²) in [6.07, 6.45) is 1.90. The summed E-state index contributed by atoms with van der Waals surface area (Å²) in [5, 5.41) is 9.85. The second-order valence-electron chi connectivity index (χ2n) is 4.75. The molecule has 88 valence electrons. The lowest BCUT2D eigenvalue weighted by atomic mass is 9.85. The zero-order valence-electron chi connectivity index (χ0n) is 10.0. The van der Waals surface area contributed by atoms with Crippen molar-refractivity contribution in [2.75, 3.05) is 7.11 Å². The lowest BCUT2D eigenvalue weighted by Crippen LogP contribution is -2.34. The predicted octanol–water partition coefficient (Wildman–Crippen LogP) is 1.68. The van der Waals surface area contributed by atoms with Crippen molar-refractivity contribution < 1.29 is 14.6 Å². The third-order valence-electron chi connectivity index (χ3n) is 2.30. The number of methoxy groups -OCH3 is 1. The van der Waals surface area contributed by atoms with Gasteiger partial charge >= 0.3 is 0 Å². The highest BCUT2D eigenvalue weighted by Crippen LogP contribution is 2.23. The number of hydrogen-bond acceptors (Lipinski definition) is 4. The number of carbonyl (C=O) groups is 1. The molecule has 0 aliphatic heterocycles. The van der Waals surface area contributed by atoms with Crippen LogP contribution in [0.4, 0.5) is 0 Å². The van der Waals surface area contributed by atoms with E-state index >= 15 is 0 Å². The Morgan fingerprint density at radius 2 is 2.06 bits per heavy atom. The standard InChI is InChI=1S/C12H17NO3/c1-12(2,3)11(15)10(14)8-5-9(16-4)7-13-6-8/h5-7,11,15H,1-4H3. The van der Waals surface area contributed by atoms with E-state index < -0.39 is 11.5 Å². The number of aliphatic hydroxyl groups excluding tert-OH is 1. The van der Waals surface area contributed by atoms with E-state index in [0.29, 0.717) is 11.3 Å². The van der Waals surface area contributed by atoms with E-state index in [9.17, 15) is 9.90 Å². The maximum absolute atomic E-state index is 11.9. The maximum atomic E-state index is 11.9. The fraction of sp³-hybridized carbons (Fsp3) is 0.500. The average molecular weight is 223 g/mol. The first kappa shape index (κ1) is 12.6. The molecule has 1 atom stereocenters. The van der Waals surface area contributed by atoms with Gasteiger partial charge < -0.3 is 9.84 Å². The van der Waals surface area contributed by atoms with Crippen molar-refractivity contribution in [1.82, 2.24) is 4.98 Å². The van der Waals surface area contributed by atoms with Crippen LogP contribution in [-0.4, -0.2) is 29.1 Å². The van der Waals surface area contributed by atoms with Crippen LogP contribution in [0, 0.1) is 5.41 Å². The van der Waals surface area contributed by atoms with Crippen LogP contribution in [0.25, 0.3) is 0 Å². The minimum Gasteiger partial charge on any atom is -0.495 e. The molecule has 0 saturated heterocycles. The number of Topliss-reactive ketones (excluding diaryl/α,β-unsaturated/α-hetero) is 1. The van der Waals surface area contributed by atoms with Crippen molar-refractivity contribution in [3.8, 4) is 5.75 Å². The number of aliphatic hydroxyl groups is 1. The molecule has 1 unspecified atom stereocenters. The number of carbonyl (C=O) groups excluding carboxylic acids is 1. The Bertz CT molecular complexity index is 382. The number of ether oxygens (including phenoxy) is 1. The van der Waals surface area contributed by atoms with Crippen LogP contribution in [0.1, 0.15) is 31.1 Å². The largest absolute Gasteiger partial charge is 0.495 e. The number of hydrogen-bond donors (Lipinski definition) is 1. The van der Waals surface area contributed by atoms with Gasteiger partial charge in [0.1, 0.15) is 11.9 Å². The van der Waals surface area contributed by atoms with Crippen LogP contribution in [0.2, 0.25) is 0 Å². The highest BCUT2D eigenvalue weighted by Gasteiger charge is 2.30. The minimum atomic E-state index is -1.04. The summed E-state index contributed by atoms with van der Waals surface area (Å²) in [6.45, 7) is 5.43. The van der Waals surface area contributed by atoms with Gasteiger partial charge in [-0.2, -0.15) is 0 Å². The zero-order valence-corrected chi connectivity index (χ0v) is 10.0. The molecule has 0 aliphatic carbocycles. The van der Waals surface area contributed by atoms with Crippen LogP contribution >= 0.6 is 0 Å². The second kappa shape index (κ2) is 4.61. The number of nitrogens with zero attached hydrogens (tertiary/aromatic N) is 1. The van der Waals surface area contributed by atoms with Crippen molar-refractivity contribution >= 4 is 5.78 Å². The normalized spacial score (nSPS) is 13.3. The van der Waals surface area contributed by atoms with Crippen molar-refractivity contribution in [3.63, 3.8) is 0 Å². The summed E-state index contributed by atoms with van der Waals surface area (Å²) >= 11 is 0. The van der Waals surface area contributed by atoms with Crippen LogP contribution in [0.5, 0.6) is 5.75 Å². The average Bonchev–Trinajstić information content (AvgIpc) is 2.26. The molecular weight excluding hydrogens is 206 g/mol. The molecule has 1 N–H and O–H groups in total. The van der Waals surface area contributed by atoms with Crippen LogP contribution < -0.4 is 4.74 Å². The molecule has 0 aromatic carbocycles. The van der Waals surface area contributed by atoms with E-state index in [1.54, 1.807) is 6.07 Å². The van der Waals surface area contributed by atoms with Crippen molar-refractivity contribution in [3.05, 3.63) is 24.0 Å². The predicted molar refractivity (Wildman–Crippen MR) is 60.6 cm³/mol. The molecule has 1 rings (SSSR count). The fourth-order valence-corrected chi connectivity index (χ4v) is 1.22. The fourth-order valence-electron chi connectivity index (χ4n) is 1.22. The lowest BCUT2D eigenvalue weighted by molar-refractivity contribution is 0.0442. The van der Waals surface area contributed by atoms with Gasteiger partial charge in [-0.1, -0.05) is 20.8 Å². The smallest absolute Gasteiger partial charge is 0.193 e. The van der Waals surface area contributed by atoms with Gasteiger partial charge in [0, 0.05) is 11.8 Å². The number of pyridine rings is 1. The third kappa shape index (κ3) is 2.79. The molecule has 0 spiro atoms. The first-order chi connectivity index (χ1) is 7.36. The van der Waals surface area contributed by atoms with Gasteiger partial charge in [0.15, 0.2) is 5.78 Å². The zero-order chi connectivity index (χ0) is 12.3. The van der Waals surface area contributed by atoms with Gasteiger partial charge in [-0.25, -0.2) is 0 Å². The maximum Gasteiger partial charge on any atom is 0.193 e. The van der Waals surface area contributed by atoms with E-state index in [2.05, 4.69) is 4.98 Å². The van der Waals surface area contributed by atoms with Gasteiger partial charge in [-0.05, 0) is 11.5 Å². The molecular formula is C12H17NO3. The molecule has 0 aliphatic rings. The quantitative estimate of drug-likeness (QED) is 0.792. The molecule has 0 saturated carbocycles. The van der Waals surface area contributed by atoms with Crippen molar-refractivity contribution in [1.29, 1.82) is 0 Å². The van der Waals surface area contributed by atoms with Gasteiger partial charge in [0.2, 0.25) is 0 Å². The number of ketones is 1. The summed E-state index contributed by atoms with van der Waals surface area (Å²) in [5.41, 5.74) is -0.123. The molecule has 16 heavy (non-hydrogen) atoms. The minimum absolute atomic E-state index is 0.334. The Labute approximate surface area is 95.3 Å². The van der Waals surface area contributed by atoms with E-state index in [1.165, 1.54) is 19.5 Å². The topological polar surface area (TPSA) is 59.4 Å². The highest BCUT2D eigenvalue weighted by molar-refractivity contribution is 5.99. The molecule has 4 nitrogen and oxygen atoms in total. The Kier molecular flexibility index (Phi) is 3.65. The summed E-state index contributed by atoms with van der Waals surface area (Å²) in [7, 11) is 1.51. The summed E-state index contributed by atoms with van der Waals surface area (Å²) < 4.78 is 4.97. The lowest BCUT2D eigenvalue weighted by Gasteiger charge is -2.24. The summed E-state index contributed by atoms with van der Waals surface area (Å²) in [5.74, 6) is 0.172. The van der Waals surface area contributed by atoms with Crippen LogP contribution in [0.3, 0.4) is 0 Å². The second-order valence-corrected chi connectivity index (χ2v) is 4.75. The molecule has 1 aromatic rings. The Morgan fingerprint density at radius 1 is 1.44 bits per heavy atom. The first-order valence-corrected chi connectivity index (χ1v) is 5.07. The third-order valence-corrected chi connectivity index (χ3v) is 2.30. The summed E-state index contributed by atoms with van der Waals surface area (Å²) in [4.78, 5) is 15.8. The molecule has 1 aromatic heterocycles. The van der Waals surface area contributed by atoms with Gasteiger partial charge in [-0.3, -0.25) is 9.78 Å². The van der Waals surface area contributed by atoms with E-state index in [1.807, 2.05) is 20.8 Å². The van der Waals surface area contributed by atoms with E-state index in [4.69, 9.17) is 4.74 Å². The van der Waals surface area contributed by atoms with Crippen LogP contribution in [0.15, 0.2) is 18.5 Å². The molecule has 0 radical (unpaired) electrons. The van der Waals surface area contributed by atoms with E-state index in [-0.39, 0.29) is 5.78 Å². The Balaban J connectivity index is 2.96. The van der Waals surface area contributed by atoms with Crippen molar-refractivity contribution in [2.45, 2.75) is 26.9 Å². The van der Waals surface area contributed by atoms with Gasteiger partial charge in [0.05, 0.1) is 13.3 Å². The van der Waals surface area contributed by atoms with E-state index in [0.717, 1.165) is 0 Å². The van der Waals surface area contributed by atoms with Crippen molar-refractivity contribution in [2.24, 2.45) is 5.41 Å². The molecule has 0 fully saturated rings. The Hall–Kier alpha value is -1.42. The molecule has 0 amide bonds. The SMILES string of the molecule is COc1cncc(C(=O)C(O)C(C)(C)C)c1.